The van der Waals surface area contributed by atoms with E-state index in [4.69, 9.17) is 5.11 Å². The Morgan fingerprint density at radius 2 is 2.12 bits per heavy atom. The molecule has 0 spiro atoms. The third-order valence-electron chi connectivity index (χ3n) is 2.90. The second-order valence-electron chi connectivity index (χ2n) is 3.98. The molecule has 2 N–H and O–H groups in total. The maximum atomic E-state index is 9.15. The highest BCUT2D eigenvalue weighted by Gasteiger charge is 2.02. The second kappa shape index (κ2) is 8.03. The standard InChI is InChI=1S/C13H23N3O/c1-3-16(4-2)10-6-9-15-13-12(11-17)7-5-8-14-13/h5,7-8,17H,3-4,6,9-11H2,1-2H3,(H,14,15). The zero-order valence-electron chi connectivity index (χ0n) is 10.8. The van der Waals surface area contributed by atoms with E-state index in [0.29, 0.717) is 0 Å². The van der Waals surface area contributed by atoms with Crippen molar-refractivity contribution in [3.8, 4) is 0 Å². The molecule has 1 aromatic heterocycles. The molecule has 1 aromatic rings. The van der Waals surface area contributed by atoms with Crippen molar-refractivity contribution in [2.45, 2.75) is 26.9 Å². The summed E-state index contributed by atoms with van der Waals surface area (Å²) in [6.07, 6.45) is 2.83. The molecule has 0 aliphatic carbocycles. The van der Waals surface area contributed by atoms with Gasteiger partial charge in [-0.05, 0) is 32.1 Å². The molecule has 0 unspecified atom stereocenters. The molecule has 0 aliphatic rings. The molecule has 0 atom stereocenters. The number of pyridine rings is 1. The van der Waals surface area contributed by atoms with Gasteiger partial charge in [-0.25, -0.2) is 4.98 Å². The van der Waals surface area contributed by atoms with Gasteiger partial charge in [-0.2, -0.15) is 0 Å². The molecule has 17 heavy (non-hydrogen) atoms. The van der Waals surface area contributed by atoms with Crippen molar-refractivity contribution in [1.29, 1.82) is 0 Å². The summed E-state index contributed by atoms with van der Waals surface area (Å²) < 4.78 is 0. The number of anilines is 1. The quantitative estimate of drug-likeness (QED) is 0.676. The SMILES string of the molecule is CCN(CC)CCCNc1ncccc1CO. The number of aliphatic hydroxyl groups is 1. The first-order chi connectivity index (χ1) is 8.31. The molecule has 0 saturated carbocycles. The Bertz CT molecular complexity index is 313. The normalized spacial score (nSPS) is 10.8. The van der Waals surface area contributed by atoms with E-state index < -0.39 is 0 Å². The van der Waals surface area contributed by atoms with Crippen molar-refractivity contribution in [3.05, 3.63) is 23.9 Å². The van der Waals surface area contributed by atoms with Crippen molar-refractivity contribution in [2.24, 2.45) is 0 Å². The van der Waals surface area contributed by atoms with Gasteiger partial charge < -0.3 is 15.3 Å². The number of aliphatic hydroxyl groups excluding tert-OH is 1. The highest BCUT2D eigenvalue weighted by atomic mass is 16.3. The first-order valence-corrected chi connectivity index (χ1v) is 6.32. The van der Waals surface area contributed by atoms with Gasteiger partial charge in [0.15, 0.2) is 0 Å². The Labute approximate surface area is 104 Å². The summed E-state index contributed by atoms with van der Waals surface area (Å²) in [5, 5.41) is 12.4. The van der Waals surface area contributed by atoms with E-state index in [1.54, 1.807) is 6.20 Å². The molecule has 96 valence electrons. The van der Waals surface area contributed by atoms with E-state index >= 15 is 0 Å². The Morgan fingerprint density at radius 1 is 1.35 bits per heavy atom. The summed E-state index contributed by atoms with van der Waals surface area (Å²) >= 11 is 0. The lowest BCUT2D eigenvalue weighted by molar-refractivity contribution is 0.282. The van der Waals surface area contributed by atoms with E-state index in [2.05, 4.69) is 29.0 Å². The van der Waals surface area contributed by atoms with Crippen LogP contribution in [0.15, 0.2) is 18.3 Å². The Kier molecular flexibility index (Phi) is 6.58. The van der Waals surface area contributed by atoms with Crippen LogP contribution in [-0.4, -0.2) is 41.2 Å². The first kappa shape index (κ1) is 13.9. The van der Waals surface area contributed by atoms with Gasteiger partial charge in [-0.15, -0.1) is 0 Å². The number of aromatic nitrogens is 1. The van der Waals surface area contributed by atoms with Crippen LogP contribution in [0.2, 0.25) is 0 Å². The molecule has 0 saturated heterocycles. The largest absolute Gasteiger partial charge is 0.392 e. The lowest BCUT2D eigenvalue weighted by Gasteiger charge is -2.18. The first-order valence-electron chi connectivity index (χ1n) is 6.32. The molecule has 0 bridgehead atoms. The van der Waals surface area contributed by atoms with E-state index in [1.807, 2.05) is 12.1 Å². The Hall–Kier alpha value is -1.13. The summed E-state index contributed by atoms with van der Waals surface area (Å²) in [7, 11) is 0. The van der Waals surface area contributed by atoms with Crippen LogP contribution in [0.1, 0.15) is 25.8 Å². The van der Waals surface area contributed by atoms with Crippen molar-refractivity contribution in [3.63, 3.8) is 0 Å². The molecule has 0 aromatic carbocycles. The Balaban J connectivity index is 2.30. The van der Waals surface area contributed by atoms with Gasteiger partial charge in [0, 0.05) is 18.3 Å². The lowest BCUT2D eigenvalue weighted by Crippen LogP contribution is -2.25. The van der Waals surface area contributed by atoms with Crippen molar-refractivity contribution < 1.29 is 5.11 Å². The number of hydrogen-bond donors (Lipinski definition) is 2. The van der Waals surface area contributed by atoms with E-state index in [0.717, 1.165) is 44.0 Å². The fourth-order valence-electron chi connectivity index (χ4n) is 1.77. The molecular formula is C13H23N3O. The Morgan fingerprint density at radius 3 is 2.76 bits per heavy atom. The average Bonchev–Trinajstić information content (AvgIpc) is 2.39. The molecule has 0 amide bonds. The van der Waals surface area contributed by atoms with Crippen LogP contribution in [0.3, 0.4) is 0 Å². The third-order valence-corrected chi connectivity index (χ3v) is 2.90. The summed E-state index contributed by atoms with van der Waals surface area (Å²) in [6.45, 7) is 8.58. The minimum Gasteiger partial charge on any atom is -0.392 e. The molecule has 4 heteroatoms. The van der Waals surface area contributed by atoms with E-state index in [9.17, 15) is 0 Å². The summed E-state index contributed by atoms with van der Waals surface area (Å²) in [6, 6.07) is 3.73. The van der Waals surface area contributed by atoms with E-state index in [1.165, 1.54) is 0 Å². The smallest absolute Gasteiger partial charge is 0.131 e. The lowest BCUT2D eigenvalue weighted by atomic mass is 10.2. The zero-order chi connectivity index (χ0) is 12.5. The van der Waals surface area contributed by atoms with Gasteiger partial charge in [-0.3, -0.25) is 0 Å². The number of rotatable bonds is 8. The van der Waals surface area contributed by atoms with Gasteiger partial charge >= 0.3 is 0 Å². The highest BCUT2D eigenvalue weighted by Crippen LogP contribution is 2.10. The fraction of sp³-hybridized carbons (Fsp3) is 0.615. The van der Waals surface area contributed by atoms with Crippen LogP contribution >= 0.6 is 0 Å². The summed E-state index contributed by atoms with van der Waals surface area (Å²) in [5.41, 5.74) is 0.857. The molecule has 4 nitrogen and oxygen atoms in total. The molecule has 0 radical (unpaired) electrons. The van der Waals surface area contributed by atoms with Gasteiger partial charge in [0.25, 0.3) is 0 Å². The second-order valence-corrected chi connectivity index (χ2v) is 3.98. The van der Waals surface area contributed by atoms with Crippen LogP contribution in [0.25, 0.3) is 0 Å². The van der Waals surface area contributed by atoms with Crippen LogP contribution in [0.4, 0.5) is 5.82 Å². The number of nitrogens with one attached hydrogen (secondary N) is 1. The van der Waals surface area contributed by atoms with Crippen molar-refractivity contribution in [2.75, 3.05) is 31.5 Å². The number of nitrogens with zero attached hydrogens (tertiary/aromatic N) is 2. The molecule has 1 heterocycles. The minimum atomic E-state index is 0.0339. The van der Waals surface area contributed by atoms with Gasteiger partial charge in [0.1, 0.15) is 5.82 Å². The fourth-order valence-corrected chi connectivity index (χ4v) is 1.77. The molecular weight excluding hydrogens is 214 g/mol. The predicted molar refractivity (Wildman–Crippen MR) is 71.1 cm³/mol. The van der Waals surface area contributed by atoms with E-state index in [-0.39, 0.29) is 6.61 Å². The van der Waals surface area contributed by atoms with Crippen LogP contribution < -0.4 is 5.32 Å². The third kappa shape index (κ3) is 4.71. The van der Waals surface area contributed by atoms with Gasteiger partial charge in [-0.1, -0.05) is 19.9 Å². The minimum absolute atomic E-state index is 0.0339. The van der Waals surface area contributed by atoms with Crippen LogP contribution in [-0.2, 0) is 6.61 Å². The predicted octanol–water partition coefficient (Wildman–Crippen LogP) is 1.72. The maximum Gasteiger partial charge on any atom is 0.131 e. The summed E-state index contributed by atoms with van der Waals surface area (Å²) in [4.78, 5) is 6.62. The number of hydrogen-bond acceptors (Lipinski definition) is 4. The van der Waals surface area contributed by atoms with Gasteiger partial charge in [0.05, 0.1) is 6.61 Å². The average molecular weight is 237 g/mol. The molecule has 0 aliphatic heterocycles. The van der Waals surface area contributed by atoms with Crippen molar-refractivity contribution in [1.82, 2.24) is 9.88 Å². The summed E-state index contributed by atoms with van der Waals surface area (Å²) in [5.74, 6) is 0.801. The van der Waals surface area contributed by atoms with Crippen LogP contribution in [0, 0.1) is 0 Å². The highest BCUT2D eigenvalue weighted by molar-refractivity contribution is 5.42. The van der Waals surface area contributed by atoms with Crippen LogP contribution in [0.5, 0.6) is 0 Å². The maximum absolute atomic E-state index is 9.15. The zero-order valence-corrected chi connectivity index (χ0v) is 10.8. The molecule has 0 fully saturated rings. The monoisotopic (exact) mass is 237 g/mol. The molecule has 1 rings (SSSR count). The van der Waals surface area contributed by atoms with Gasteiger partial charge in [0.2, 0.25) is 0 Å². The topological polar surface area (TPSA) is 48.4 Å². The van der Waals surface area contributed by atoms with Crippen molar-refractivity contribution >= 4 is 5.82 Å².